The van der Waals surface area contributed by atoms with E-state index in [4.69, 9.17) is 38.7 Å². The molecule has 0 aliphatic carbocycles. The van der Waals surface area contributed by atoms with E-state index in [1.807, 2.05) is 0 Å². The summed E-state index contributed by atoms with van der Waals surface area (Å²) in [5.41, 5.74) is 10.8. The topological polar surface area (TPSA) is 348 Å². The third-order valence-corrected chi connectivity index (χ3v) is 8.30. The number of ether oxygens (including phenoxy) is 1. The molecule has 3 aromatic heterocycles. The lowest BCUT2D eigenvalue weighted by Gasteiger charge is -2.28. The molecule has 14 N–H and O–H groups in total. The molecule has 26 heteroatoms. The van der Waals surface area contributed by atoms with Crippen LogP contribution in [0.25, 0.3) is 17.0 Å². The lowest BCUT2D eigenvalue weighted by atomic mass is 10.3. The van der Waals surface area contributed by atoms with Gasteiger partial charge in [-0.3, -0.25) is 24.1 Å². The van der Waals surface area contributed by atoms with Gasteiger partial charge in [0, 0.05) is 0 Å². The third-order valence-electron chi connectivity index (χ3n) is 6.60. The van der Waals surface area contributed by atoms with E-state index in [0.717, 1.165) is 4.68 Å². The minimum atomic E-state index is -4.98. The molecular formula is C19H23N11O13P2+2. The Labute approximate surface area is 249 Å². The lowest BCUT2D eigenvalue weighted by Crippen LogP contribution is -2.51. The average molecular weight is 675 g/mol. The van der Waals surface area contributed by atoms with Crippen LogP contribution in [-0.2, 0) is 24.9 Å². The Balaban J connectivity index is 1.28. The van der Waals surface area contributed by atoms with Gasteiger partial charge in [0.1, 0.15) is 12.0 Å². The van der Waals surface area contributed by atoms with Gasteiger partial charge in [0.05, 0.1) is 19.0 Å². The number of aromatic amines is 1. The molecule has 0 saturated carbocycles. The first-order valence-electron chi connectivity index (χ1n) is 12.5. The zero-order valence-electron chi connectivity index (χ0n) is 22.2. The van der Waals surface area contributed by atoms with Crippen LogP contribution in [0.4, 0.5) is 11.8 Å². The number of aromatic nitrogens is 5. The normalized spacial score (nSPS) is 25.2. The minimum absolute atomic E-state index is 0.0624. The first-order valence-corrected chi connectivity index (χ1v) is 15.5. The van der Waals surface area contributed by atoms with E-state index in [0.29, 0.717) is 17.8 Å². The van der Waals surface area contributed by atoms with Crippen LogP contribution in [0.1, 0.15) is 5.76 Å². The number of hydrogen-bond acceptors (Lipinski definition) is 22. The minimum Gasteiger partial charge on any atom is -0.500 e. The van der Waals surface area contributed by atoms with Gasteiger partial charge in [-0.05, 0) is 0 Å². The zero-order chi connectivity index (χ0) is 31.8. The number of hydrogen-bond donors (Lipinski definition) is 12. The van der Waals surface area contributed by atoms with Crippen molar-refractivity contribution in [1.29, 1.82) is 0 Å². The third kappa shape index (κ3) is 4.95. The van der Waals surface area contributed by atoms with Crippen molar-refractivity contribution in [1.82, 2.24) is 40.9 Å². The number of aromatic hydroxyl groups is 1. The molecule has 3 aromatic rings. The van der Waals surface area contributed by atoms with Gasteiger partial charge in [-0.15, -0.1) is 9.62 Å². The molecule has 45 heavy (non-hydrogen) atoms. The molecule has 7 heterocycles. The summed E-state index contributed by atoms with van der Waals surface area (Å²) in [6, 6.07) is 0. The molecule has 7 rings (SSSR count). The number of nitrogens with zero attached hydrogens (tertiary/aromatic N) is 5. The van der Waals surface area contributed by atoms with E-state index in [1.165, 1.54) is 4.90 Å². The fourth-order valence-corrected chi connectivity index (χ4v) is 6.13. The van der Waals surface area contributed by atoms with Crippen molar-refractivity contribution in [3.8, 4) is 11.5 Å². The van der Waals surface area contributed by atoms with Gasteiger partial charge in [-0.2, -0.15) is 29.2 Å². The van der Waals surface area contributed by atoms with Crippen molar-refractivity contribution < 1.29 is 57.0 Å². The smallest absolute Gasteiger partial charge is 0.500 e. The monoisotopic (exact) mass is 675 g/mol. The largest absolute Gasteiger partial charge is 0.663 e. The summed E-state index contributed by atoms with van der Waals surface area (Å²) in [6.45, 7) is -0.583. The Kier molecular flexibility index (Phi) is 6.59. The van der Waals surface area contributed by atoms with Crippen molar-refractivity contribution in [3.05, 3.63) is 45.4 Å². The van der Waals surface area contributed by atoms with Crippen molar-refractivity contribution in [2.45, 2.75) is 18.9 Å². The van der Waals surface area contributed by atoms with Gasteiger partial charge < -0.3 is 46.4 Å². The molecule has 240 valence electrons. The summed E-state index contributed by atoms with van der Waals surface area (Å²) in [7, 11) is -9.94. The quantitative estimate of drug-likeness (QED) is 0.118. The van der Waals surface area contributed by atoms with E-state index in [1.54, 1.807) is 0 Å². The van der Waals surface area contributed by atoms with Crippen LogP contribution < -0.4 is 42.4 Å². The highest BCUT2D eigenvalue weighted by molar-refractivity contribution is 7.55. The van der Waals surface area contributed by atoms with Gasteiger partial charge in [0.15, 0.2) is 41.7 Å². The number of nitrogen functional groups attached to an aromatic ring is 1. The Hall–Kier alpha value is -4.64. The van der Waals surface area contributed by atoms with E-state index < -0.39 is 75.4 Å². The van der Waals surface area contributed by atoms with Crippen molar-refractivity contribution in [2.75, 3.05) is 24.0 Å². The molecule has 1 fully saturated rings. The number of aliphatic hydroxyl groups is 1. The average Bonchev–Trinajstić information content (AvgIpc) is 3.72. The van der Waals surface area contributed by atoms with Gasteiger partial charge in [0.2, 0.25) is 17.6 Å². The number of H-pyrrole nitrogens is 1. The van der Waals surface area contributed by atoms with E-state index in [-0.39, 0.29) is 36.3 Å². The fraction of sp³-hybridized carbons (Fsp3) is 0.263. The number of nitrogens with one attached hydrogen (secondary N) is 4. The molecule has 0 spiro atoms. The predicted molar refractivity (Wildman–Crippen MR) is 146 cm³/mol. The molecule has 0 amide bonds. The Bertz CT molecular complexity index is 1870. The van der Waals surface area contributed by atoms with Crippen molar-refractivity contribution in [2.24, 2.45) is 5.73 Å². The molecule has 0 aromatic carbocycles. The number of furan rings is 1. The van der Waals surface area contributed by atoms with Crippen LogP contribution in [-0.4, -0.2) is 80.4 Å². The second kappa shape index (κ2) is 10.2. The Morgan fingerprint density at radius 2 is 1.91 bits per heavy atom. The molecular weight excluding hydrogens is 652 g/mol. The summed E-state index contributed by atoms with van der Waals surface area (Å²) in [5.74, 6) is -4.12. The molecule has 0 radical (unpaired) electrons. The lowest BCUT2D eigenvalue weighted by molar-refractivity contribution is 0.102. The van der Waals surface area contributed by atoms with E-state index >= 15 is 0 Å². The van der Waals surface area contributed by atoms with Crippen LogP contribution in [0.3, 0.4) is 0 Å². The zero-order valence-corrected chi connectivity index (χ0v) is 24.0. The first kappa shape index (κ1) is 29.1. The number of anilines is 2. The van der Waals surface area contributed by atoms with Crippen LogP contribution in [0.5, 0.6) is 11.5 Å². The summed E-state index contributed by atoms with van der Waals surface area (Å²) in [6.07, 6.45) is -2.10. The highest BCUT2D eigenvalue weighted by atomic mass is 31.2. The van der Waals surface area contributed by atoms with Gasteiger partial charge in [-0.25, -0.2) is 4.52 Å². The molecule has 24 nitrogen and oxygen atoms in total. The van der Waals surface area contributed by atoms with Crippen LogP contribution in [0, 0.1) is 0 Å². The van der Waals surface area contributed by atoms with Gasteiger partial charge in [0.25, 0.3) is 23.0 Å². The maximum absolute atomic E-state index is 12.2. The summed E-state index contributed by atoms with van der Waals surface area (Å²) in [5, 5.41) is 38.3. The van der Waals surface area contributed by atoms with Crippen molar-refractivity contribution >= 4 is 45.2 Å². The van der Waals surface area contributed by atoms with Crippen LogP contribution in [0.2, 0.25) is 0 Å². The Morgan fingerprint density at radius 1 is 1.11 bits per heavy atom. The first-order chi connectivity index (χ1) is 21.3. The molecule has 1 unspecified atom stereocenters. The van der Waals surface area contributed by atoms with E-state index in [2.05, 4.69) is 36.2 Å². The molecule has 2 atom stereocenters. The number of rotatable bonds is 2. The highest BCUT2D eigenvalue weighted by Crippen LogP contribution is 2.61. The van der Waals surface area contributed by atoms with Gasteiger partial charge in [-0.1, -0.05) is 5.21 Å². The van der Waals surface area contributed by atoms with E-state index in [9.17, 15) is 34.6 Å². The summed E-state index contributed by atoms with van der Waals surface area (Å²) < 4.78 is 32.6. The number of aliphatic hydroxyl groups excluding tert-OH is 1. The molecule has 1 saturated heterocycles. The Morgan fingerprint density at radius 3 is 2.71 bits per heavy atom. The fourth-order valence-electron chi connectivity index (χ4n) is 4.65. The number of nitrogens with two attached hydrogens (primary N) is 2. The molecule has 4 aliphatic rings. The maximum atomic E-state index is 12.2. The second-order valence-electron chi connectivity index (χ2n) is 9.46. The van der Waals surface area contributed by atoms with Gasteiger partial charge >= 0.3 is 16.3 Å². The highest BCUT2D eigenvalue weighted by Gasteiger charge is 2.53. The summed E-state index contributed by atoms with van der Waals surface area (Å²) in [4.78, 5) is 62.5. The molecule has 2 bridgehead atoms. The molecule has 4 aliphatic heterocycles. The number of fused-ring (bicyclic) bond motifs is 5. The standard InChI is InChI=1S/C19H21N11O13P2/c20-13-7-14(23-3-22-13)29(4-24-7)17-10(32)11-6(41-17)2-39-45(36,37)43-12-9(31)5(1-38-44(34,35)42-11)40-18(12)30-15-8(27-28-30)16(33)26-19(21)25-15/h1,9,14,23,31,34-37H,2-4H2,(H6-2,20,21,22,24,25,26,27,28,32,33)/p+2/b5-1+/t9-,14?/m1/s1. The second-order valence-corrected chi connectivity index (χ2v) is 12.3. The maximum Gasteiger partial charge on any atom is 0.663 e. The van der Waals surface area contributed by atoms with Crippen molar-refractivity contribution in [3.63, 3.8) is 0 Å². The summed E-state index contributed by atoms with van der Waals surface area (Å²) >= 11 is 0. The van der Waals surface area contributed by atoms with Crippen LogP contribution in [0.15, 0.2) is 38.5 Å². The predicted octanol–water partition coefficient (Wildman–Crippen LogP) is -3.31. The SMILES string of the molecule is NC1=C2NCN(c3oc4c(c3O)O[P+](O)(O)O/C=C3/OC(n5nnc6c(=O)[nH]c(N)nc65)=C(O[P+](O)(O)OC4)[C@@H]3O)C2NCN1. The van der Waals surface area contributed by atoms with Crippen LogP contribution >= 0.6 is 16.3 Å².